The average molecular weight is 315 g/mol. The molecule has 0 radical (unpaired) electrons. The molecule has 0 spiro atoms. The minimum Gasteiger partial charge on any atom is -0.493 e. The highest BCUT2D eigenvalue weighted by atomic mass is 35.5. The van der Waals surface area contributed by atoms with Crippen LogP contribution < -0.4 is 9.47 Å². The number of hydrogen-bond acceptors (Lipinski definition) is 3. The molecule has 0 aromatic heterocycles. The maximum atomic E-state index is 10.9. The number of aliphatic carboxylic acids is 1. The maximum Gasteiger partial charge on any atom is 0.303 e. The van der Waals surface area contributed by atoms with Crippen molar-refractivity contribution in [2.45, 2.75) is 46.0 Å². The van der Waals surface area contributed by atoms with Gasteiger partial charge >= 0.3 is 5.97 Å². The van der Waals surface area contributed by atoms with Crippen LogP contribution in [0.5, 0.6) is 11.5 Å². The van der Waals surface area contributed by atoms with E-state index in [-0.39, 0.29) is 12.3 Å². The number of rotatable bonds is 9. The van der Waals surface area contributed by atoms with Crippen LogP contribution in [0.3, 0.4) is 0 Å². The van der Waals surface area contributed by atoms with E-state index < -0.39 is 5.97 Å². The van der Waals surface area contributed by atoms with Gasteiger partial charge in [-0.1, -0.05) is 32.4 Å². The first kappa shape index (κ1) is 17.6. The SMILES string of the molecule is CCCOc1cc(OCCC)c(C(C)CC(=O)O)cc1Cl. The molecule has 0 saturated carbocycles. The van der Waals surface area contributed by atoms with E-state index in [1.54, 1.807) is 12.1 Å². The second-order valence-electron chi connectivity index (χ2n) is 5.02. The molecule has 1 aromatic carbocycles. The molecule has 1 aromatic rings. The van der Waals surface area contributed by atoms with Crippen LogP contribution in [0, 0.1) is 0 Å². The summed E-state index contributed by atoms with van der Waals surface area (Å²) in [4.78, 5) is 10.9. The number of carbonyl (C=O) groups is 1. The van der Waals surface area contributed by atoms with Crippen molar-refractivity contribution < 1.29 is 19.4 Å². The van der Waals surface area contributed by atoms with E-state index >= 15 is 0 Å². The number of carboxylic acids is 1. The van der Waals surface area contributed by atoms with Crippen molar-refractivity contribution >= 4 is 17.6 Å². The Morgan fingerprint density at radius 3 is 2.29 bits per heavy atom. The monoisotopic (exact) mass is 314 g/mol. The van der Waals surface area contributed by atoms with E-state index in [1.165, 1.54) is 0 Å². The van der Waals surface area contributed by atoms with Gasteiger partial charge in [-0.15, -0.1) is 0 Å². The molecule has 0 heterocycles. The fraction of sp³-hybridized carbons (Fsp3) is 0.562. The van der Waals surface area contributed by atoms with Crippen LogP contribution in [-0.2, 0) is 4.79 Å². The molecule has 0 aliphatic rings. The van der Waals surface area contributed by atoms with Crippen LogP contribution in [-0.4, -0.2) is 24.3 Å². The summed E-state index contributed by atoms with van der Waals surface area (Å²) in [7, 11) is 0. The molecule has 5 heteroatoms. The van der Waals surface area contributed by atoms with E-state index in [2.05, 4.69) is 0 Å². The molecule has 0 amide bonds. The topological polar surface area (TPSA) is 55.8 Å². The largest absolute Gasteiger partial charge is 0.493 e. The van der Waals surface area contributed by atoms with Crippen LogP contribution >= 0.6 is 11.6 Å². The van der Waals surface area contributed by atoms with Gasteiger partial charge in [0.05, 0.1) is 24.7 Å². The molecule has 1 N–H and O–H groups in total. The summed E-state index contributed by atoms with van der Waals surface area (Å²) in [5.74, 6) is 0.218. The molecule has 1 rings (SSSR count). The summed E-state index contributed by atoms with van der Waals surface area (Å²) < 4.78 is 11.3. The zero-order chi connectivity index (χ0) is 15.8. The Hall–Kier alpha value is -1.42. The average Bonchev–Trinajstić information content (AvgIpc) is 2.43. The molecule has 0 bridgehead atoms. The van der Waals surface area contributed by atoms with E-state index in [0.29, 0.717) is 29.7 Å². The summed E-state index contributed by atoms with van der Waals surface area (Å²) in [6, 6.07) is 3.52. The zero-order valence-electron chi connectivity index (χ0n) is 12.8. The lowest BCUT2D eigenvalue weighted by atomic mass is 9.96. The van der Waals surface area contributed by atoms with Gasteiger partial charge in [0, 0.05) is 6.07 Å². The Morgan fingerprint density at radius 2 is 1.76 bits per heavy atom. The third kappa shape index (κ3) is 5.46. The van der Waals surface area contributed by atoms with Crippen molar-refractivity contribution in [3.05, 3.63) is 22.7 Å². The van der Waals surface area contributed by atoms with Gasteiger partial charge in [-0.25, -0.2) is 0 Å². The fourth-order valence-corrected chi connectivity index (χ4v) is 2.19. The summed E-state index contributed by atoms with van der Waals surface area (Å²) in [5.41, 5.74) is 0.805. The van der Waals surface area contributed by atoms with Crippen molar-refractivity contribution in [3.8, 4) is 11.5 Å². The van der Waals surface area contributed by atoms with Gasteiger partial charge in [0.15, 0.2) is 0 Å². The highest BCUT2D eigenvalue weighted by Crippen LogP contribution is 2.37. The van der Waals surface area contributed by atoms with Crippen LogP contribution in [0.25, 0.3) is 0 Å². The lowest BCUT2D eigenvalue weighted by molar-refractivity contribution is -0.137. The van der Waals surface area contributed by atoms with Crippen molar-refractivity contribution in [2.24, 2.45) is 0 Å². The molecule has 118 valence electrons. The second kappa shape index (κ2) is 8.78. The summed E-state index contributed by atoms with van der Waals surface area (Å²) in [6.45, 7) is 7.04. The standard InChI is InChI=1S/C16H23ClO4/c1-4-6-20-14-10-15(21-7-5-2)13(17)9-12(14)11(3)8-16(18)19/h9-11H,4-8H2,1-3H3,(H,18,19). The van der Waals surface area contributed by atoms with Crippen LogP contribution in [0.4, 0.5) is 0 Å². The third-order valence-electron chi connectivity index (χ3n) is 3.00. The number of halogens is 1. The van der Waals surface area contributed by atoms with Gasteiger partial charge < -0.3 is 14.6 Å². The van der Waals surface area contributed by atoms with E-state index in [0.717, 1.165) is 18.4 Å². The molecule has 0 fully saturated rings. The highest BCUT2D eigenvalue weighted by Gasteiger charge is 2.18. The summed E-state index contributed by atoms with van der Waals surface area (Å²) in [5, 5.41) is 9.44. The highest BCUT2D eigenvalue weighted by molar-refractivity contribution is 6.32. The first-order valence-electron chi connectivity index (χ1n) is 7.30. The lowest BCUT2D eigenvalue weighted by Gasteiger charge is -2.18. The molecule has 1 unspecified atom stereocenters. The van der Waals surface area contributed by atoms with E-state index in [4.69, 9.17) is 26.2 Å². The summed E-state index contributed by atoms with van der Waals surface area (Å²) >= 11 is 6.22. The van der Waals surface area contributed by atoms with Crippen molar-refractivity contribution in [2.75, 3.05) is 13.2 Å². The minimum atomic E-state index is -0.841. The lowest BCUT2D eigenvalue weighted by Crippen LogP contribution is -2.07. The number of ether oxygens (including phenoxy) is 2. The van der Waals surface area contributed by atoms with Crippen LogP contribution in [0.2, 0.25) is 5.02 Å². The van der Waals surface area contributed by atoms with E-state index in [1.807, 2.05) is 20.8 Å². The second-order valence-corrected chi connectivity index (χ2v) is 5.42. The molecule has 0 aliphatic carbocycles. The predicted molar refractivity (Wildman–Crippen MR) is 83.7 cm³/mol. The smallest absolute Gasteiger partial charge is 0.303 e. The molecule has 0 aliphatic heterocycles. The Morgan fingerprint density at radius 1 is 1.19 bits per heavy atom. The third-order valence-corrected chi connectivity index (χ3v) is 3.29. The fourth-order valence-electron chi connectivity index (χ4n) is 1.97. The summed E-state index contributed by atoms with van der Waals surface area (Å²) in [6.07, 6.45) is 1.80. The van der Waals surface area contributed by atoms with Crippen LogP contribution in [0.1, 0.15) is 51.5 Å². The molecule has 21 heavy (non-hydrogen) atoms. The maximum absolute atomic E-state index is 10.9. The first-order valence-corrected chi connectivity index (χ1v) is 7.68. The predicted octanol–water partition coefficient (Wildman–Crippen LogP) is 4.50. The number of hydrogen-bond donors (Lipinski definition) is 1. The number of benzene rings is 1. The van der Waals surface area contributed by atoms with Gasteiger partial charge in [-0.3, -0.25) is 4.79 Å². The number of carboxylic acid groups (broad SMARTS) is 1. The Bertz CT molecular complexity index is 474. The van der Waals surface area contributed by atoms with Gasteiger partial charge in [-0.05, 0) is 30.4 Å². The Labute approximate surface area is 131 Å². The van der Waals surface area contributed by atoms with Gasteiger partial charge in [-0.2, -0.15) is 0 Å². The molecule has 1 atom stereocenters. The van der Waals surface area contributed by atoms with E-state index in [9.17, 15) is 4.79 Å². The van der Waals surface area contributed by atoms with Crippen molar-refractivity contribution in [1.82, 2.24) is 0 Å². The molecular weight excluding hydrogens is 292 g/mol. The molecular formula is C16H23ClO4. The van der Waals surface area contributed by atoms with Crippen molar-refractivity contribution in [3.63, 3.8) is 0 Å². The van der Waals surface area contributed by atoms with Gasteiger partial charge in [0.25, 0.3) is 0 Å². The Kier molecular flexibility index (Phi) is 7.37. The van der Waals surface area contributed by atoms with Gasteiger partial charge in [0.2, 0.25) is 0 Å². The zero-order valence-corrected chi connectivity index (χ0v) is 13.6. The minimum absolute atomic E-state index is 0.0357. The molecule has 4 nitrogen and oxygen atoms in total. The van der Waals surface area contributed by atoms with Crippen LogP contribution in [0.15, 0.2) is 12.1 Å². The quantitative estimate of drug-likeness (QED) is 0.729. The normalized spacial score (nSPS) is 12.0. The van der Waals surface area contributed by atoms with Gasteiger partial charge in [0.1, 0.15) is 11.5 Å². The first-order chi connectivity index (χ1) is 9.99. The molecule has 0 saturated heterocycles. The van der Waals surface area contributed by atoms with Crippen molar-refractivity contribution in [1.29, 1.82) is 0 Å². The Balaban J connectivity index is 3.08.